The van der Waals surface area contributed by atoms with E-state index < -0.39 is 0 Å². The number of furan rings is 1. The summed E-state index contributed by atoms with van der Waals surface area (Å²) in [5.74, 6) is 0.689. The first-order valence-corrected chi connectivity index (χ1v) is 8.96. The highest BCUT2D eigenvalue weighted by molar-refractivity contribution is 7.80. The molecule has 0 bridgehead atoms. The highest BCUT2D eigenvalue weighted by atomic mass is 32.1. The van der Waals surface area contributed by atoms with Crippen LogP contribution in [0.5, 0.6) is 0 Å². The van der Waals surface area contributed by atoms with Gasteiger partial charge in [0.25, 0.3) is 0 Å². The molecule has 0 unspecified atom stereocenters. The van der Waals surface area contributed by atoms with Crippen molar-refractivity contribution in [1.29, 1.82) is 0 Å². The van der Waals surface area contributed by atoms with Crippen LogP contribution in [0.15, 0.2) is 71.5 Å². The van der Waals surface area contributed by atoms with E-state index in [4.69, 9.17) is 16.6 Å². The number of pyridine rings is 1. The summed E-state index contributed by atoms with van der Waals surface area (Å²) in [6.45, 7) is 1.48. The van der Waals surface area contributed by atoms with Gasteiger partial charge in [0, 0.05) is 24.5 Å². The van der Waals surface area contributed by atoms with Crippen LogP contribution in [0.1, 0.15) is 30.5 Å². The molecule has 27 heavy (non-hydrogen) atoms. The van der Waals surface area contributed by atoms with Crippen LogP contribution >= 0.6 is 12.2 Å². The van der Waals surface area contributed by atoms with Gasteiger partial charge in [-0.1, -0.05) is 6.07 Å². The summed E-state index contributed by atoms with van der Waals surface area (Å²) >= 11 is 5.63. The van der Waals surface area contributed by atoms with E-state index >= 15 is 0 Å². The van der Waals surface area contributed by atoms with Gasteiger partial charge in [-0.2, -0.15) is 0 Å². The average Bonchev–Trinajstić information content (AvgIpc) is 3.30. The van der Waals surface area contributed by atoms with Gasteiger partial charge in [0.15, 0.2) is 5.11 Å². The van der Waals surface area contributed by atoms with Crippen LogP contribution in [0.4, 0.5) is 11.4 Å². The van der Waals surface area contributed by atoms with Gasteiger partial charge in [0.05, 0.1) is 18.0 Å². The lowest BCUT2D eigenvalue weighted by molar-refractivity contribution is -0.114. The number of hydrogen-bond donors (Lipinski definition) is 2. The fourth-order valence-electron chi connectivity index (χ4n) is 3.29. The number of aromatic nitrogens is 1. The minimum absolute atomic E-state index is 0.107. The first-order valence-electron chi connectivity index (χ1n) is 8.55. The summed E-state index contributed by atoms with van der Waals surface area (Å²) in [6, 6.07) is 16.9. The molecule has 136 valence electrons. The lowest BCUT2D eigenvalue weighted by Gasteiger charge is -2.26. The summed E-state index contributed by atoms with van der Waals surface area (Å²) in [5, 5.41) is 6.74. The Morgan fingerprint density at radius 1 is 1.19 bits per heavy atom. The highest BCUT2D eigenvalue weighted by Crippen LogP contribution is 2.41. The molecule has 1 saturated heterocycles. The van der Waals surface area contributed by atoms with Gasteiger partial charge in [-0.25, -0.2) is 0 Å². The van der Waals surface area contributed by atoms with Gasteiger partial charge < -0.3 is 20.0 Å². The first kappa shape index (κ1) is 17.2. The Balaban J connectivity index is 1.72. The van der Waals surface area contributed by atoms with E-state index in [1.165, 1.54) is 6.92 Å². The van der Waals surface area contributed by atoms with Crippen LogP contribution in [0.2, 0.25) is 0 Å². The lowest BCUT2D eigenvalue weighted by Crippen LogP contribution is -2.29. The van der Waals surface area contributed by atoms with Gasteiger partial charge in [0.2, 0.25) is 5.91 Å². The van der Waals surface area contributed by atoms with Crippen molar-refractivity contribution in [2.75, 3.05) is 10.2 Å². The molecule has 0 saturated carbocycles. The second-order valence-corrected chi connectivity index (χ2v) is 6.63. The third kappa shape index (κ3) is 3.41. The predicted octanol–water partition coefficient (Wildman–Crippen LogP) is 3.81. The molecule has 1 aromatic carbocycles. The van der Waals surface area contributed by atoms with Crippen molar-refractivity contribution in [2.45, 2.75) is 19.0 Å². The minimum Gasteiger partial charge on any atom is -0.467 e. The van der Waals surface area contributed by atoms with Crippen molar-refractivity contribution in [3.8, 4) is 0 Å². The van der Waals surface area contributed by atoms with Gasteiger partial charge in [-0.3, -0.25) is 9.78 Å². The van der Waals surface area contributed by atoms with Crippen LogP contribution in [-0.4, -0.2) is 16.0 Å². The number of carbonyl (C=O) groups excluding carboxylic acids is 1. The molecule has 2 N–H and O–H groups in total. The molecule has 1 fully saturated rings. The zero-order valence-corrected chi connectivity index (χ0v) is 15.4. The van der Waals surface area contributed by atoms with Crippen molar-refractivity contribution in [2.24, 2.45) is 0 Å². The van der Waals surface area contributed by atoms with E-state index in [2.05, 4.69) is 15.6 Å². The van der Waals surface area contributed by atoms with Gasteiger partial charge in [-0.15, -0.1) is 0 Å². The summed E-state index contributed by atoms with van der Waals surface area (Å²) in [7, 11) is 0. The number of thiocarbonyl (C=S) groups is 1. The van der Waals surface area contributed by atoms with E-state index in [1.807, 2.05) is 59.5 Å². The number of hydrogen-bond acceptors (Lipinski definition) is 4. The van der Waals surface area contributed by atoms with Crippen LogP contribution in [0.3, 0.4) is 0 Å². The summed E-state index contributed by atoms with van der Waals surface area (Å²) in [5.41, 5.74) is 2.53. The summed E-state index contributed by atoms with van der Waals surface area (Å²) in [6.07, 6.45) is 3.42. The Kier molecular flexibility index (Phi) is 4.60. The molecule has 6 nitrogen and oxygen atoms in total. The number of carbonyl (C=O) groups is 1. The van der Waals surface area contributed by atoms with E-state index in [9.17, 15) is 4.79 Å². The van der Waals surface area contributed by atoms with Crippen molar-refractivity contribution >= 4 is 34.6 Å². The second-order valence-electron chi connectivity index (χ2n) is 6.24. The fourth-order valence-corrected chi connectivity index (χ4v) is 3.64. The second kappa shape index (κ2) is 7.20. The first-order chi connectivity index (χ1) is 13.1. The maximum atomic E-state index is 11.2. The van der Waals surface area contributed by atoms with E-state index in [1.54, 1.807) is 12.5 Å². The minimum atomic E-state index is -0.172. The molecule has 0 radical (unpaired) electrons. The van der Waals surface area contributed by atoms with Crippen molar-refractivity contribution in [1.82, 2.24) is 10.3 Å². The van der Waals surface area contributed by atoms with Gasteiger partial charge >= 0.3 is 0 Å². The smallest absolute Gasteiger partial charge is 0.221 e. The average molecular weight is 378 g/mol. The molecule has 0 spiro atoms. The number of anilines is 2. The maximum absolute atomic E-state index is 11.2. The van der Waals surface area contributed by atoms with Gasteiger partial charge in [-0.05, 0) is 60.7 Å². The monoisotopic (exact) mass is 378 g/mol. The highest BCUT2D eigenvalue weighted by Gasteiger charge is 2.42. The van der Waals surface area contributed by atoms with E-state index in [0.717, 1.165) is 22.8 Å². The van der Waals surface area contributed by atoms with Crippen LogP contribution < -0.4 is 15.5 Å². The van der Waals surface area contributed by atoms with Gasteiger partial charge in [0.1, 0.15) is 11.8 Å². The Morgan fingerprint density at radius 2 is 2.00 bits per heavy atom. The maximum Gasteiger partial charge on any atom is 0.221 e. The number of nitrogens with one attached hydrogen (secondary N) is 2. The van der Waals surface area contributed by atoms with Crippen molar-refractivity contribution in [3.63, 3.8) is 0 Å². The lowest BCUT2D eigenvalue weighted by atomic mass is 10.0. The molecular weight excluding hydrogens is 360 g/mol. The van der Waals surface area contributed by atoms with E-state index in [-0.39, 0.29) is 18.0 Å². The van der Waals surface area contributed by atoms with Crippen molar-refractivity contribution < 1.29 is 9.21 Å². The zero-order chi connectivity index (χ0) is 18.8. The quantitative estimate of drug-likeness (QED) is 0.673. The SMILES string of the molecule is CC(=O)Nc1ccc(N2C(=S)N[C@@H](c3ccccn3)[C@H]2c2ccco2)cc1. The van der Waals surface area contributed by atoms with E-state index in [0.29, 0.717) is 5.11 Å². The normalized spacial score (nSPS) is 19.0. The standard InChI is InChI=1S/C20H18N4O2S/c1-13(25)22-14-7-9-15(10-8-14)24-19(17-6-4-12-26-17)18(23-20(24)27)16-5-2-3-11-21-16/h2-12,18-19H,1H3,(H,22,25)(H,23,27)/t18-,19+/m0/s1. The van der Waals surface area contributed by atoms with Crippen LogP contribution in [0, 0.1) is 0 Å². The molecule has 3 aromatic rings. The molecule has 1 amide bonds. The number of rotatable bonds is 4. The predicted molar refractivity (Wildman–Crippen MR) is 107 cm³/mol. The molecular formula is C20H18N4O2S. The number of nitrogens with zero attached hydrogens (tertiary/aromatic N) is 2. The Morgan fingerprint density at radius 3 is 2.63 bits per heavy atom. The Labute approximate surface area is 162 Å². The third-order valence-corrected chi connectivity index (χ3v) is 4.71. The molecule has 3 heterocycles. The Hall–Kier alpha value is -3.19. The fraction of sp³-hybridized carbons (Fsp3) is 0.150. The molecule has 1 aliphatic rings. The summed E-state index contributed by atoms with van der Waals surface area (Å²) in [4.78, 5) is 17.8. The molecule has 2 atom stereocenters. The van der Waals surface area contributed by atoms with Crippen molar-refractivity contribution in [3.05, 3.63) is 78.5 Å². The largest absolute Gasteiger partial charge is 0.467 e. The summed E-state index contributed by atoms with van der Waals surface area (Å²) < 4.78 is 5.72. The Bertz CT molecular complexity index is 942. The molecule has 0 aliphatic carbocycles. The number of benzene rings is 1. The van der Waals surface area contributed by atoms with Crippen LogP contribution in [-0.2, 0) is 4.79 Å². The van der Waals surface area contributed by atoms with Crippen LogP contribution in [0.25, 0.3) is 0 Å². The number of amides is 1. The molecule has 7 heteroatoms. The molecule has 2 aromatic heterocycles. The molecule has 4 rings (SSSR count). The topological polar surface area (TPSA) is 70.4 Å². The third-order valence-electron chi connectivity index (χ3n) is 4.40. The zero-order valence-electron chi connectivity index (χ0n) is 14.6. The molecule has 1 aliphatic heterocycles.